The van der Waals surface area contributed by atoms with Crippen LogP contribution in [0.3, 0.4) is 0 Å². The summed E-state index contributed by atoms with van der Waals surface area (Å²) in [6.45, 7) is 10.6. The smallest absolute Gasteiger partial charge is 0.238 e. The number of allylic oxidation sites excluding steroid dienone is 1. The summed E-state index contributed by atoms with van der Waals surface area (Å²) in [6, 6.07) is 60.2. The molecular formula is C57H44N4S. The van der Waals surface area contributed by atoms with Crippen molar-refractivity contribution in [3.8, 4) is 51.0 Å². The molecule has 3 aromatic heterocycles. The molecule has 0 radical (unpaired) electrons. The Balaban J connectivity index is 0.00000149. The van der Waals surface area contributed by atoms with Crippen LogP contribution in [0.2, 0.25) is 0 Å². The van der Waals surface area contributed by atoms with Gasteiger partial charge in [0.15, 0.2) is 11.6 Å². The van der Waals surface area contributed by atoms with Gasteiger partial charge in [-0.15, -0.1) is 11.3 Å². The van der Waals surface area contributed by atoms with Gasteiger partial charge in [-0.1, -0.05) is 191 Å². The molecule has 0 amide bonds. The second kappa shape index (κ2) is 16.5. The minimum Gasteiger partial charge on any atom is -0.277 e. The third-order valence-electron chi connectivity index (χ3n) is 11.4. The molecule has 0 aliphatic heterocycles. The zero-order valence-electron chi connectivity index (χ0n) is 35.0. The van der Waals surface area contributed by atoms with E-state index < -0.39 is 0 Å². The van der Waals surface area contributed by atoms with Crippen molar-refractivity contribution in [2.45, 2.75) is 27.2 Å². The number of fused-ring (bicyclic) bond motifs is 7. The van der Waals surface area contributed by atoms with Crippen molar-refractivity contribution in [3.63, 3.8) is 0 Å². The molecule has 0 fully saturated rings. The Kier molecular flexibility index (Phi) is 10.3. The average molecular weight is 817 g/mol. The lowest BCUT2D eigenvalue weighted by atomic mass is 9.95. The quantitative estimate of drug-likeness (QED) is 0.161. The van der Waals surface area contributed by atoms with Crippen LogP contribution < -0.4 is 0 Å². The lowest BCUT2D eigenvalue weighted by molar-refractivity contribution is 0.954. The maximum atomic E-state index is 5.40. The summed E-state index contributed by atoms with van der Waals surface area (Å²) < 4.78 is 4.78. The maximum Gasteiger partial charge on any atom is 0.238 e. The molecule has 5 heteroatoms. The minimum atomic E-state index is 0.550. The van der Waals surface area contributed by atoms with E-state index in [0.29, 0.717) is 17.6 Å². The largest absolute Gasteiger partial charge is 0.277 e. The van der Waals surface area contributed by atoms with E-state index >= 15 is 0 Å². The summed E-state index contributed by atoms with van der Waals surface area (Å²) in [5.41, 5.74) is 10.6. The minimum absolute atomic E-state index is 0.550. The highest BCUT2D eigenvalue weighted by molar-refractivity contribution is 7.25. The Labute approximate surface area is 365 Å². The van der Waals surface area contributed by atoms with Crippen molar-refractivity contribution in [2.75, 3.05) is 0 Å². The van der Waals surface area contributed by atoms with Crippen molar-refractivity contribution in [1.82, 2.24) is 19.5 Å². The molecule has 298 valence electrons. The molecule has 11 rings (SSSR count). The molecular weight excluding hydrogens is 773 g/mol. The number of para-hydroxylation sites is 1. The van der Waals surface area contributed by atoms with E-state index in [0.717, 1.165) is 66.1 Å². The van der Waals surface area contributed by atoms with Gasteiger partial charge in [0.25, 0.3) is 0 Å². The molecule has 11 aromatic rings. The van der Waals surface area contributed by atoms with Crippen LogP contribution in [-0.2, 0) is 0 Å². The Bertz CT molecular complexity index is 3480. The molecule has 8 aromatic carbocycles. The maximum absolute atomic E-state index is 5.40. The molecule has 62 heavy (non-hydrogen) atoms. The zero-order chi connectivity index (χ0) is 42.2. The zero-order valence-corrected chi connectivity index (χ0v) is 35.8. The van der Waals surface area contributed by atoms with Crippen LogP contribution in [0.5, 0.6) is 0 Å². The van der Waals surface area contributed by atoms with Gasteiger partial charge in [0, 0.05) is 47.6 Å². The molecule has 0 saturated heterocycles. The van der Waals surface area contributed by atoms with E-state index in [9.17, 15) is 0 Å². The Morgan fingerprint density at radius 2 is 1.18 bits per heavy atom. The van der Waals surface area contributed by atoms with Gasteiger partial charge >= 0.3 is 0 Å². The fraction of sp³-hybridized carbons (Fsp3) is 0.0702. The van der Waals surface area contributed by atoms with Gasteiger partial charge in [0.05, 0.1) is 11.0 Å². The molecule has 0 aliphatic rings. The van der Waals surface area contributed by atoms with Gasteiger partial charge in [0.2, 0.25) is 5.95 Å². The van der Waals surface area contributed by atoms with Crippen LogP contribution in [0.1, 0.15) is 38.3 Å². The molecule has 0 aliphatic carbocycles. The van der Waals surface area contributed by atoms with Crippen molar-refractivity contribution >= 4 is 76.2 Å². The van der Waals surface area contributed by atoms with Gasteiger partial charge in [-0.05, 0) is 69.8 Å². The molecule has 4 nitrogen and oxygen atoms in total. The predicted octanol–water partition coefficient (Wildman–Crippen LogP) is 16.3. The summed E-state index contributed by atoms with van der Waals surface area (Å²) in [5.74, 6) is 1.76. The van der Waals surface area contributed by atoms with Crippen LogP contribution in [0.25, 0.3) is 116 Å². The Morgan fingerprint density at radius 3 is 1.97 bits per heavy atom. The van der Waals surface area contributed by atoms with Crippen LogP contribution in [0, 0.1) is 0 Å². The van der Waals surface area contributed by atoms with E-state index in [1.807, 2.05) is 23.5 Å². The number of aromatic nitrogens is 4. The van der Waals surface area contributed by atoms with Gasteiger partial charge in [-0.25, -0.2) is 4.98 Å². The van der Waals surface area contributed by atoms with Crippen molar-refractivity contribution < 1.29 is 0 Å². The molecule has 3 heterocycles. The second-order valence-corrected chi connectivity index (χ2v) is 16.6. The number of benzene rings is 8. The normalized spacial score (nSPS) is 11.5. The summed E-state index contributed by atoms with van der Waals surface area (Å²) in [7, 11) is 0. The first-order valence-corrected chi connectivity index (χ1v) is 22.1. The Morgan fingerprint density at radius 1 is 0.548 bits per heavy atom. The predicted molar refractivity (Wildman–Crippen MR) is 267 cm³/mol. The summed E-state index contributed by atoms with van der Waals surface area (Å²) >= 11 is 1.83. The van der Waals surface area contributed by atoms with Gasteiger partial charge in [-0.2, -0.15) is 9.97 Å². The molecule has 0 bridgehead atoms. The highest BCUT2D eigenvalue weighted by Crippen LogP contribution is 2.45. The first-order valence-electron chi connectivity index (χ1n) is 21.3. The van der Waals surface area contributed by atoms with Crippen molar-refractivity contribution in [3.05, 3.63) is 194 Å². The average Bonchev–Trinajstić information content (AvgIpc) is 3.88. The number of rotatable bonds is 7. The highest BCUT2D eigenvalue weighted by atomic mass is 32.1. The van der Waals surface area contributed by atoms with Gasteiger partial charge in [-0.3, -0.25) is 4.57 Å². The molecule has 0 saturated carbocycles. The molecule has 0 unspecified atom stereocenters. The monoisotopic (exact) mass is 816 g/mol. The molecule has 0 spiro atoms. The Hall–Kier alpha value is -7.47. The van der Waals surface area contributed by atoms with Gasteiger partial charge < -0.3 is 0 Å². The van der Waals surface area contributed by atoms with E-state index in [2.05, 4.69) is 208 Å². The van der Waals surface area contributed by atoms with E-state index in [1.54, 1.807) is 0 Å². The summed E-state index contributed by atoms with van der Waals surface area (Å²) in [4.78, 5) is 16.0. The fourth-order valence-corrected chi connectivity index (χ4v) is 9.80. The van der Waals surface area contributed by atoms with E-state index in [1.165, 1.54) is 37.5 Å². The summed E-state index contributed by atoms with van der Waals surface area (Å²) in [6.07, 6.45) is 7.47. The lowest BCUT2D eigenvalue weighted by Crippen LogP contribution is -2.07. The number of hydrogen-bond donors (Lipinski definition) is 0. The van der Waals surface area contributed by atoms with Crippen LogP contribution in [0.15, 0.2) is 183 Å². The van der Waals surface area contributed by atoms with Crippen molar-refractivity contribution in [1.29, 1.82) is 0 Å². The number of nitrogens with zero attached hydrogens (tertiary/aromatic N) is 4. The van der Waals surface area contributed by atoms with Gasteiger partial charge in [0.1, 0.15) is 0 Å². The SMILES string of the molecule is C=Cc1c(/C=C\C)ccc2c1c1cccc(-c3cccc4sc5ccccc5c34)c1n2-c1nc(-c2ccc(-c3ccccc3)cc2)nc(-c2ccc3ccccc3c2)n1.CCC. The third-order valence-corrected chi connectivity index (χ3v) is 12.5. The first-order chi connectivity index (χ1) is 30.6. The van der Waals surface area contributed by atoms with Crippen LogP contribution in [0.4, 0.5) is 0 Å². The van der Waals surface area contributed by atoms with E-state index in [4.69, 9.17) is 15.0 Å². The second-order valence-electron chi connectivity index (χ2n) is 15.5. The fourth-order valence-electron chi connectivity index (χ4n) is 8.66. The third kappa shape index (κ3) is 6.77. The summed E-state index contributed by atoms with van der Waals surface area (Å²) in [5, 5.41) is 7.02. The molecule has 0 N–H and O–H groups in total. The standard InChI is InChI=1S/C54H36N4S.C3H8/c1-3-14-37-31-32-46-49(41(37)4-2)45-22-12-21-43(42-20-13-24-48-50(42)44-19-10-11-23-47(44)59-48)51(45)58(46)54-56-52(38-28-25-36(26-29-38)34-15-6-5-7-16-34)55-53(57-54)40-30-27-35-17-8-9-18-39(35)33-40;1-3-2/h3-33H,2H2,1H3;3H2,1-2H3/b14-3-;. The molecule has 0 atom stereocenters. The first kappa shape index (κ1) is 38.7. The van der Waals surface area contributed by atoms with E-state index in [-0.39, 0.29) is 0 Å². The van der Waals surface area contributed by atoms with Crippen LogP contribution in [-0.4, -0.2) is 19.5 Å². The topological polar surface area (TPSA) is 43.6 Å². The van der Waals surface area contributed by atoms with Crippen molar-refractivity contribution in [2.24, 2.45) is 0 Å². The van der Waals surface area contributed by atoms with Crippen LogP contribution >= 0.6 is 11.3 Å². The lowest BCUT2D eigenvalue weighted by Gasteiger charge is -2.14. The number of thiophene rings is 1. The highest BCUT2D eigenvalue weighted by Gasteiger charge is 2.24. The number of hydrogen-bond acceptors (Lipinski definition) is 4.